The summed E-state index contributed by atoms with van der Waals surface area (Å²) in [5.41, 5.74) is 1.13. The van der Waals surface area contributed by atoms with Crippen molar-refractivity contribution in [2.45, 2.75) is 24.9 Å². The lowest BCUT2D eigenvalue weighted by Crippen LogP contribution is -2.24. The molecule has 27 heavy (non-hydrogen) atoms. The average molecular weight is 480 g/mol. The number of aromatic nitrogens is 3. The summed E-state index contributed by atoms with van der Waals surface area (Å²) >= 11 is 2.15. The van der Waals surface area contributed by atoms with Crippen LogP contribution in [0.2, 0.25) is 0 Å². The maximum Gasteiger partial charge on any atom is 0.256 e. The van der Waals surface area contributed by atoms with Crippen LogP contribution in [0.15, 0.2) is 42.9 Å². The second kappa shape index (κ2) is 7.50. The number of fused-ring (bicyclic) bond motifs is 1. The summed E-state index contributed by atoms with van der Waals surface area (Å²) in [7, 11) is 0. The highest BCUT2D eigenvalue weighted by Gasteiger charge is 2.35. The lowest BCUT2D eigenvalue weighted by atomic mass is 10.2. The van der Waals surface area contributed by atoms with Crippen molar-refractivity contribution in [1.29, 1.82) is 0 Å². The number of anilines is 1. The van der Waals surface area contributed by atoms with Crippen LogP contribution in [-0.4, -0.2) is 49.5 Å². The lowest BCUT2D eigenvalue weighted by Gasteiger charge is -2.14. The van der Waals surface area contributed by atoms with E-state index in [0.717, 1.165) is 3.57 Å². The highest BCUT2D eigenvalue weighted by atomic mass is 127. The molecule has 0 radical (unpaired) electrons. The summed E-state index contributed by atoms with van der Waals surface area (Å²) in [6, 6.07) is 8.90. The van der Waals surface area contributed by atoms with Crippen molar-refractivity contribution < 1.29 is 19.7 Å². The summed E-state index contributed by atoms with van der Waals surface area (Å²) in [6.45, 7) is -0.249. The number of aliphatic hydroxyl groups excluding tert-OH is 2. The minimum absolute atomic E-state index is 0.249. The standard InChI is InChI=1S/C18H17IN4O4/c19-11-7-23(14-6-12(25)13(8-24)27-14)17-15(11)16(20-9-21-17)22-18(26)10-4-2-1-3-5-10/h1-5,7,9,12-14,24-25H,6,8H2,(H,20,21,22,26). The summed E-state index contributed by atoms with van der Waals surface area (Å²) in [6.07, 6.45) is 1.76. The molecule has 3 heterocycles. The number of aliphatic hydroxyl groups is 2. The molecule has 4 rings (SSSR count). The first-order valence-electron chi connectivity index (χ1n) is 8.40. The van der Waals surface area contributed by atoms with Gasteiger partial charge < -0.3 is 24.8 Å². The molecule has 1 aromatic carbocycles. The molecule has 3 unspecified atom stereocenters. The second-order valence-corrected chi connectivity index (χ2v) is 7.40. The monoisotopic (exact) mass is 480 g/mol. The summed E-state index contributed by atoms with van der Waals surface area (Å²) in [5.74, 6) is 0.154. The van der Waals surface area contributed by atoms with Gasteiger partial charge in [0, 0.05) is 21.8 Å². The number of amides is 1. The fourth-order valence-electron chi connectivity index (χ4n) is 3.17. The molecule has 1 amide bonds. The Balaban J connectivity index is 1.68. The fourth-order valence-corrected chi connectivity index (χ4v) is 3.97. The van der Waals surface area contributed by atoms with Gasteiger partial charge in [0.05, 0.1) is 18.1 Å². The number of carbonyl (C=O) groups excluding carboxylic acids is 1. The van der Waals surface area contributed by atoms with E-state index in [-0.39, 0.29) is 12.5 Å². The molecule has 0 bridgehead atoms. The Bertz CT molecular complexity index is 978. The van der Waals surface area contributed by atoms with E-state index in [1.807, 2.05) is 12.3 Å². The average Bonchev–Trinajstić information content (AvgIpc) is 3.23. The number of nitrogens with one attached hydrogen (secondary N) is 1. The smallest absolute Gasteiger partial charge is 0.256 e. The Morgan fingerprint density at radius 1 is 1.33 bits per heavy atom. The largest absolute Gasteiger partial charge is 0.394 e. The Labute approximate surface area is 168 Å². The maximum absolute atomic E-state index is 12.5. The van der Waals surface area contributed by atoms with Crippen molar-refractivity contribution in [2.24, 2.45) is 0 Å². The topological polar surface area (TPSA) is 110 Å². The Morgan fingerprint density at radius 2 is 2.11 bits per heavy atom. The molecule has 1 aliphatic rings. The van der Waals surface area contributed by atoms with Gasteiger partial charge >= 0.3 is 0 Å². The van der Waals surface area contributed by atoms with Crippen LogP contribution in [0.4, 0.5) is 5.82 Å². The molecular weight excluding hydrogens is 463 g/mol. The number of carbonyl (C=O) groups is 1. The first-order chi connectivity index (χ1) is 13.1. The molecule has 1 saturated heterocycles. The van der Waals surface area contributed by atoms with Gasteiger partial charge in [-0.25, -0.2) is 9.97 Å². The molecule has 2 aromatic heterocycles. The Kier molecular flexibility index (Phi) is 5.08. The van der Waals surface area contributed by atoms with Crippen LogP contribution in [0, 0.1) is 3.57 Å². The molecule has 0 spiro atoms. The molecule has 3 atom stereocenters. The van der Waals surface area contributed by atoms with Crippen molar-refractivity contribution in [1.82, 2.24) is 14.5 Å². The van der Waals surface area contributed by atoms with E-state index >= 15 is 0 Å². The zero-order valence-corrected chi connectivity index (χ0v) is 16.3. The van der Waals surface area contributed by atoms with Crippen LogP contribution in [0.5, 0.6) is 0 Å². The minimum atomic E-state index is -0.741. The van der Waals surface area contributed by atoms with E-state index in [1.165, 1.54) is 6.33 Å². The van der Waals surface area contributed by atoms with Crippen LogP contribution >= 0.6 is 22.6 Å². The van der Waals surface area contributed by atoms with Gasteiger partial charge in [-0.1, -0.05) is 18.2 Å². The molecular formula is C18H17IN4O4. The Morgan fingerprint density at radius 3 is 2.81 bits per heavy atom. The normalized spacial score (nSPS) is 22.3. The van der Waals surface area contributed by atoms with E-state index in [4.69, 9.17) is 4.74 Å². The molecule has 140 valence electrons. The minimum Gasteiger partial charge on any atom is -0.394 e. The quantitative estimate of drug-likeness (QED) is 0.493. The predicted octanol–water partition coefficient (Wildman–Crippen LogP) is 1.93. The van der Waals surface area contributed by atoms with Crippen LogP contribution in [0.1, 0.15) is 23.0 Å². The van der Waals surface area contributed by atoms with E-state index in [2.05, 4.69) is 37.9 Å². The molecule has 3 aromatic rings. The number of rotatable bonds is 4. The van der Waals surface area contributed by atoms with Gasteiger partial charge in [-0.15, -0.1) is 0 Å². The van der Waals surface area contributed by atoms with E-state index in [1.54, 1.807) is 28.8 Å². The number of hydrogen-bond acceptors (Lipinski definition) is 6. The van der Waals surface area contributed by atoms with Crippen LogP contribution in [0.25, 0.3) is 11.0 Å². The SMILES string of the molecule is O=C(Nc1ncnc2c1c(I)cn2C1CC(O)C(CO)O1)c1ccccc1. The number of benzene rings is 1. The molecule has 1 aliphatic heterocycles. The zero-order chi connectivity index (χ0) is 19.0. The third-order valence-electron chi connectivity index (χ3n) is 4.53. The van der Waals surface area contributed by atoms with E-state index in [9.17, 15) is 15.0 Å². The Hall–Kier alpha value is -2.08. The first kappa shape index (κ1) is 18.3. The second-order valence-electron chi connectivity index (χ2n) is 6.24. The summed E-state index contributed by atoms with van der Waals surface area (Å²) < 4.78 is 8.38. The third kappa shape index (κ3) is 3.43. The lowest BCUT2D eigenvalue weighted by molar-refractivity contribution is -0.0430. The van der Waals surface area contributed by atoms with E-state index < -0.39 is 18.4 Å². The molecule has 8 nitrogen and oxygen atoms in total. The van der Waals surface area contributed by atoms with Crippen molar-refractivity contribution >= 4 is 45.3 Å². The van der Waals surface area contributed by atoms with Gasteiger partial charge in [0.2, 0.25) is 0 Å². The fraction of sp³-hybridized carbons (Fsp3) is 0.278. The van der Waals surface area contributed by atoms with Crippen molar-refractivity contribution in [2.75, 3.05) is 11.9 Å². The first-order valence-corrected chi connectivity index (χ1v) is 9.48. The molecule has 0 aliphatic carbocycles. The summed E-state index contributed by atoms with van der Waals surface area (Å²) in [4.78, 5) is 21.1. The number of halogens is 1. The van der Waals surface area contributed by atoms with Crippen molar-refractivity contribution in [3.05, 3.63) is 52.0 Å². The highest BCUT2D eigenvalue weighted by molar-refractivity contribution is 14.1. The summed E-state index contributed by atoms with van der Waals surface area (Å²) in [5, 5.41) is 22.8. The number of nitrogens with zero attached hydrogens (tertiary/aromatic N) is 3. The van der Waals surface area contributed by atoms with Crippen LogP contribution in [0.3, 0.4) is 0 Å². The van der Waals surface area contributed by atoms with Gasteiger partial charge in [-0.05, 0) is 34.7 Å². The van der Waals surface area contributed by atoms with Crippen molar-refractivity contribution in [3.8, 4) is 0 Å². The van der Waals surface area contributed by atoms with E-state index in [0.29, 0.717) is 28.8 Å². The van der Waals surface area contributed by atoms with Gasteiger partial charge in [-0.3, -0.25) is 4.79 Å². The van der Waals surface area contributed by atoms with Gasteiger partial charge in [0.25, 0.3) is 5.91 Å². The molecule has 1 fully saturated rings. The molecule has 9 heteroatoms. The van der Waals surface area contributed by atoms with Crippen LogP contribution in [-0.2, 0) is 4.74 Å². The number of hydrogen-bond donors (Lipinski definition) is 3. The van der Waals surface area contributed by atoms with Crippen LogP contribution < -0.4 is 5.32 Å². The van der Waals surface area contributed by atoms with Crippen molar-refractivity contribution in [3.63, 3.8) is 0 Å². The van der Waals surface area contributed by atoms with Gasteiger partial charge in [0.1, 0.15) is 30.1 Å². The highest BCUT2D eigenvalue weighted by Crippen LogP contribution is 2.35. The van der Waals surface area contributed by atoms with Gasteiger partial charge in [-0.2, -0.15) is 0 Å². The van der Waals surface area contributed by atoms with Gasteiger partial charge in [0.15, 0.2) is 0 Å². The number of ether oxygens (including phenoxy) is 1. The predicted molar refractivity (Wildman–Crippen MR) is 106 cm³/mol. The third-order valence-corrected chi connectivity index (χ3v) is 5.34. The molecule has 0 saturated carbocycles. The zero-order valence-electron chi connectivity index (χ0n) is 14.1. The molecule has 3 N–H and O–H groups in total. The maximum atomic E-state index is 12.5.